The van der Waals surface area contributed by atoms with Crippen LogP contribution in [-0.2, 0) is 19.5 Å². The Kier molecular flexibility index (Phi) is 6.35. The molecule has 1 amide bonds. The molecule has 5 heteroatoms. The maximum atomic E-state index is 12.9. The number of rotatable bonds is 6. The summed E-state index contributed by atoms with van der Waals surface area (Å²) in [7, 11) is 0. The predicted molar refractivity (Wildman–Crippen MR) is 98.1 cm³/mol. The quantitative estimate of drug-likeness (QED) is 0.873. The smallest absolute Gasteiger partial charge is 0.254 e. The minimum Gasteiger partial charge on any atom is -0.331 e. The number of halogens is 1. The van der Waals surface area contributed by atoms with E-state index in [9.17, 15) is 4.79 Å². The van der Waals surface area contributed by atoms with Crippen molar-refractivity contribution in [1.82, 2.24) is 9.88 Å². The number of aryl methyl sites for hydroxylation is 1. The minimum absolute atomic E-state index is 0. The number of carbonyl (C=O) groups is 1. The molecule has 128 valence electrons. The van der Waals surface area contributed by atoms with Gasteiger partial charge in [-0.1, -0.05) is 31.2 Å². The number of hydrogen-bond acceptors (Lipinski definition) is 3. The van der Waals surface area contributed by atoms with Crippen LogP contribution in [0.4, 0.5) is 0 Å². The number of carbonyl (C=O) groups excluding carboxylic acids is 1. The summed E-state index contributed by atoms with van der Waals surface area (Å²) in [5, 5.41) is 0. The van der Waals surface area contributed by atoms with Crippen LogP contribution in [0, 0.1) is 0 Å². The maximum absolute atomic E-state index is 12.9. The summed E-state index contributed by atoms with van der Waals surface area (Å²) < 4.78 is 0. The van der Waals surface area contributed by atoms with Gasteiger partial charge in [-0.3, -0.25) is 9.78 Å². The summed E-state index contributed by atoms with van der Waals surface area (Å²) in [6.45, 7) is 3.16. The number of amides is 1. The number of hydrogen-bond donors (Lipinski definition) is 1. The molecular formula is C19H24ClN3O. The van der Waals surface area contributed by atoms with Gasteiger partial charge < -0.3 is 10.6 Å². The molecule has 3 rings (SSSR count). The molecule has 1 aromatic carbocycles. The normalized spacial score (nSPS) is 13.2. The van der Waals surface area contributed by atoms with Crippen LogP contribution >= 0.6 is 12.4 Å². The van der Waals surface area contributed by atoms with E-state index >= 15 is 0 Å². The third kappa shape index (κ3) is 4.34. The molecule has 1 fully saturated rings. The molecule has 24 heavy (non-hydrogen) atoms. The van der Waals surface area contributed by atoms with Crippen LogP contribution in [-0.4, -0.2) is 21.8 Å². The summed E-state index contributed by atoms with van der Waals surface area (Å²) in [6.07, 6.45) is 4.88. The average Bonchev–Trinajstić information content (AvgIpc) is 3.44. The van der Waals surface area contributed by atoms with Crippen LogP contribution in [0.3, 0.4) is 0 Å². The Balaban J connectivity index is 0.00000208. The number of aromatic nitrogens is 1. The topological polar surface area (TPSA) is 59.2 Å². The lowest BCUT2D eigenvalue weighted by Crippen LogP contribution is -2.32. The van der Waals surface area contributed by atoms with Gasteiger partial charge in [-0.05, 0) is 42.5 Å². The van der Waals surface area contributed by atoms with E-state index in [-0.39, 0.29) is 18.3 Å². The van der Waals surface area contributed by atoms with Gasteiger partial charge in [0.05, 0.1) is 5.69 Å². The molecule has 0 spiro atoms. The van der Waals surface area contributed by atoms with Gasteiger partial charge in [-0.25, -0.2) is 0 Å². The first-order chi connectivity index (χ1) is 11.2. The van der Waals surface area contributed by atoms with Crippen molar-refractivity contribution in [3.63, 3.8) is 0 Å². The van der Waals surface area contributed by atoms with Gasteiger partial charge in [-0.2, -0.15) is 0 Å². The molecular weight excluding hydrogens is 322 g/mol. The summed E-state index contributed by atoms with van der Waals surface area (Å²) in [6, 6.07) is 12.5. The highest BCUT2D eigenvalue weighted by molar-refractivity contribution is 5.94. The van der Waals surface area contributed by atoms with E-state index in [0.717, 1.165) is 25.0 Å². The van der Waals surface area contributed by atoms with Crippen molar-refractivity contribution in [3.8, 4) is 0 Å². The monoisotopic (exact) mass is 345 g/mol. The fraction of sp³-hybridized carbons (Fsp3) is 0.368. The Morgan fingerprint density at radius 3 is 2.46 bits per heavy atom. The zero-order chi connectivity index (χ0) is 16.2. The van der Waals surface area contributed by atoms with Gasteiger partial charge in [-0.15, -0.1) is 12.4 Å². The second-order valence-electron chi connectivity index (χ2n) is 6.07. The summed E-state index contributed by atoms with van der Waals surface area (Å²) in [4.78, 5) is 19.0. The van der Waals surface area contributed by atoms with Crippen LogP contribution in [0.15, 0.2) is 42.6 Å². The van der Waals surface area contributed by atoms with Crippen molar-refractivity contribution in [2.45, 2.75) is 45.3 Å². The molecule has 1 saturated carbocycles. The van der Waals surface area contributed by atoms with E-state index in [1.807, 2.05) is 4.90 Å². The molecule has 0 atom stereocenters. The molecule has 2 aromatic rings. The second kappa shape index (κ2) is 8.27. The first kappa shape index (κ1) is 18.4. The molecule has 1 aliphatic carbocycles. The zero-order valence-corrected chi connectivity index (χ0v) is 14.8. The first-order valence-corrected chi connectivity index (χ1v) is 8.25. The standard InChI is InChI=1S/C19H23N3O.ClH/c1-2-14-3-5-15(6-4-14)13-22(18-7-8-18)19(23)16-9-10-21-17(11-16)12-20;/h3-6,9-11,18H,2,7-8,12-13,20H2,1H3;1H. The van der Waals surface area contributed by atoms with E-state index in [1.165, 1.54) is 11.1 Å². The van der Waals surface area contributed by atoms with Crippen molar-refractivity contribution < 1.29 is 4.79 Å². The van der Waals surface area contributed by atoms with E-state index < -0.39 is 0 Å². The third-order valence-electron chi connectivity index (χ3n) is 4.31. The maximum Gasteiger partial charge on any atom is 0.254 e. The molecule has 1 aromatic heterocycles. The molecule has 2 N–H and O–H groups in total. The highest BCUT2D eigenvalue weighted by Crippen LogP contribution is 2.30. The summed E-state index contributed by atoms with van der Waals surface area (Å²) >= 11 is 0. The van der Waals surface area contributed by atoms with Crippen LogP contribution in [0.25, 0.3) is 0 Å². The van der Waals surface area contributed by atoms with Crippen LogP contribution in [0.5, 0.6) is 0 Å². The van der Waals surface area contributed by atoms with E-state index in [0.29, 0.717) is 24.7 Å². The molecule has 0 saturated heterocycles. The van der Waals surface area contributed by atoms with Crippen molar-refractivity contribution in [1.29, 1.82) is 0 Å². The average molecular weight is 346 g/mol. The van der Waals surface area contributed by atoms with Gasteiger partial charge in [0.1, 0.15) is 0 Å². The van der Waals surface area contributed by atoms with E-state index in [2.05, 4.69) is 36.2 Å². The van der Waals surface area contributed by atoms with Gasteiger partial charge in [0.2, 0.25) is 0 Å². The Labute approximate surface area is 149 Å². The molecule has 1 heterocycles. The van der Waals surface area contributed by atoms with E-state index in [1.54, 1.807) is 18.3 Å². The lowest BCUT2D eigenvalue weighted by Gasteiger charge is -2.23. The van der Waals surface area contributed by atoms with Crippen molar-refractivity contribution >= 4 is 18.3 Å². The fourth-order valence-electron chi connectivity index (χ4n) is 2.72. The molecule has 0 aliphatic heterocycles. The Morgan fingerprint density at radius 1 is 1.21 bits per heavy atom. The number of benzene rings is 1. The molecule has 0 bridgehead atoms. The van der Waals surface area contributed by atoms with Crippen LogP contribution < -0.4 is 5.73 Å². The van der Waals surface area contributed by atoms with E-state index in [4.69, 9.17) is 5.73 Å². The van der Waals surface area contributed by atoms with Gasteiger partial charge >= 0.3 is 0 Å². The summed E-state index contributed by atoms with van der Waals surface area (Å²) in [5.74, 6) is 0.0733. The Bertz CT molecular complexity index is 683. The second-order valence-corrected chi connectivity index (χ2v) is 6.07. The number of pyridine rings is 1. The predicted octanol–water partition coefficient (Wildman–Crippen LogP) is 3.33. The highest BCUT2D eigenvalue weighted by Gasteiger charge is 2.33. The summed E-state index contributed by atoms with van der Waals surface area (Å²) in [5.41, 5.74) is 9.55. The van der Waals surface area contributed by atoms with Crippen molar-refractivity contribution in [3.05, 3.63) is 65.0 Å². The van der Waals surface area contributed by atoms with Crippen LogP contribution in [0.1, 0.15) is 46.9 Å². The lowest BCUT2D eigenvalue weighted by molar-refractivity contribution is 0.0729. The highest BCUT2D eigenvalue weighted by atomic mass is 35.5. The largest absolute Gasteiger partial charge is 0.331 e. The van der Waals surface area contributed by atoms with Crippen molar-refractivity contribution in [2.75, 3.05) is 0 Å². The fourth-order valence-corrected chi connectivity index (χ4v) is 2.72. The Morgan fingerprint density at radius 2 is 1.88 bits per heavy atom. The Hall–Kier alpha value is -1.91. The number of nitrogens with two attached hydrogens (primary N) is 1. The van der Waals surface area contributed by atoms with Gasteiger partial charge in [0.15, 0.2) is 0 Å². The SMILES string of the molecule is CCc1ccc(CN(C(=O)c2ccnc(CN)c2)C2CC2)cc1.Cl. The number of nitrogens with zero attached hydrogens (tertiary/aromatic N) is 2. The molecule has 4 nitrogen and oxygen atoms in total. The van der Waals surface area contributed by atoms with Crippen molar-refractivity contribution in [2.24, 2.45) is 5.73 Å². The first-order valence-electron chi connectivity index (χ1n) is 8.25. The van der Waals surface area contributed by atoms with Crippen LogP contribution in [0.2, 0.25) is 0 Å². The molecule has 0 radical (unpaired) electrons. The molecule has 0 unspecified atom stereocenters. The molecule has 1 aliphatic rings. The lowest BCUT2D eigenvalue weighted by atomic mass is 10.1. The van der Waals surface area contributed by atoms with Gasteiger partial charge in [0.25, 0.3) is 5.91 Å². The minimum atomic E-state index is 0. The third-order valence-corrected chi connectivity index (χ3v) is 4.31. The van der Waals surface area contributed by atoms with Gasteiger partial charge in [0, 0.05) is 30.9 Å². The zero-order valence-electron chi connectivity index (χ0n) is 13.9.